The fourth-order valence-corrected chi connectivity index (χ4v) is 2.56. The van der Waals surface area contributed by atoms with Crippen molar-refractivity contribution in [2.45, 2.75) is 12.3 Å². The smallest absolute Gasteiger partial charge is 0.0410 e. The van der Waals surface area contributed by atoms with Crippen LogP contribution in [0.25, 0.3) is 0 Å². The van der Waals surface area contributed by atoms with Gasteiger partial charge in [-0.2, -0.15) is 0 Å². The van der Waals surface area contributed by atoms with Crippen LogP contribution in [0.4, 0.5) is 0 Å². The van der Waals surface area contributed by atoms with Gasteiger partial charge in [-0.25, -0.2) is 0 Å². The molecule has 2 atom stereocenters. The molecule has 64 valence electrons. The Hall–Kier alpha value is 0.110. The lowest BCUT2D eigenvalue weighted by Crippen LogP contribution is -1.85. The van der Waals surface area contributed by atoms with Gasteiger partial charge in [0, 0.05) is 22.2 Å². The summed E-state index contributed by atoms with van der Waals surface area (Å²) in [5.74, 6) is 1.58. The molecule has 0 aromatic carbocycles. The zero-order valence-corrected chi connectivity index (χ0v) is 9.68. The predicted octanol–water partition coefficient (Wildman–Crippen LogP) is 3.34. The monoisotopic (exact) mass is 289 g/mol. The molecule has 0 N–H and O–H groups in total. The highest BCUT2D eigenvalue weighted by molar-refractivity contribution is 9.10. The largest absolute Gasteiger partial charge is 0.263 e. The third kappa shape index (κ3) is 1.72. The van der Waals surface area contributed by atoms with E-state index in [0.717, 1.165) is 21.6 Å². The lowest BCUT2D eigenvalue weighted by molar-refractivity contribution is 0.929. The van der Waals surface area contributed by atoms with Crippen molar-refractivity contribution in [3.63, 3.8) is 0 Å². The van der Waals surface area contributed by atoms with E-state index in [1.807, 2.05) is 12.4 Å². The Bertz CT molecular complexity index is 288. The summed E-state index contributed by atoms with van der Waals surface area (Å²) >= 11 is 6.93. The minimum Gasteiger partial charge on any atom is -0.263 e. The van der Waals surface area contributed by atoms with E-state index in [-0.39, 0.29) is 0 Å². The molecule has 2 unspecified atom stereocenters. The van der Waals surface area contributed by atoms with Crippen LogP contribution in [0.15, 0.2) is 22.9 Å². The van der Waals surface area contributed by atoms with Gasteiger partial charge in [-0.15, -0.1) is 0 Å². The summed E-state index contributed by atoms with van der Waals surface area (Å²) in [5, 5.41) is 1.12. The SMILES string of the molecule is BrCC1CC1c1cncc(Br)c1. The fourth-order valence-electron chi connectivity index (χ4n) is 1.46. The Morgan fingerprint density at radius 3 is 2.92 bits per heavy atom. The number of alkyl halides is 1. The van der Waals surface area contributed by atoms with E-state index in [9.17, 15) is 0 Å². The maximum absolute atomic E-state index is 4.15. The van der Waals surface area contributed by atoms with Crippen molar-refractivity contribution >= 4 is 31.9 Å². The van der Waals surface area contributed by atoms with Gasteiger partial charge in [-0.1, -0.05) is 15.9 Å². The Morgan fingerprint density at radius 1 is 1.50 bits per heavy atom. The van der Waals surface area contributed by atoms with Crippen LogP contribution in [0.2, 0.25) is 0 Å². The summed E-state index contributed by atoms with van der Waals surface area (Å²) < 4.78 is 1.08. The zero-order chi connectivity index (χ0) is 8.55. The summed E-state index contributed by atoms with van der Waals surface area (Å²) in [4.78, 5) is 4.15. The minimum atomic E-state index is 0.745. The van der Waals surface area contributed by atoms with E-state index < -0.39 is 0 Å². The molecule has 1 aliphatic carbocycles. The van der Waals surface area contributed by atoms with E-state index in [1.54, 1.807) is 0 Å². The normalized spacial score (nSPS) is 27.2. The highest BCUT2D eigenvalue weighted by Gasteiger charge is 2.37. The molecular formula is C9H9Br2N. The molecular weight excluding hydrogens is 282 g/mol. The summed E-state index contributed by atoms with van der Waals surface area (Å²) in [6, 6.07) is 2.17. The second-order valence-electron chi connectivity index (χ2n) is 3.19. The third-order valence-electron chi connectivity index (χ3n) is 2.27. The number of hydrogen-bond donors (Lipinski definition) is 0. The molecule has 1 aromatic rings. The van der Waals surface area contributed by atoms with Crippen LogP contribution < -0.4 is 0 Å². The Morgan fingerprint density at radius 2 is 2.33 bits per heavy atom. The second kappa shape index (κ2) is 3.46. The van der Waals surface area contributed by atoms with Crippen LogP contribution in [0.5, 0.6) is 0 Å². The van der Waals surface area contributed by atoms with Gasteiger partial charge in [0.25, 0.3) is 0 Å². The highest BCUT2D eigenvalue weighted by atomic mass is 79.9. The molecule has 0 amide bonds. The van der Waals surface area contributed by atoms with Crippen LogP contribution in [0.3, 0.4) is 0 Å². The first-order valence-corrected chi connectivity index (χ1v) is 5.89. The maximum atomic E-state index is 4.15. The van der Waals surface area contributed by atoms with Crippen molar-refractivity contribution in [3.8, 4) is 0 Å². The molecule has 1 heterocycles. The highest BCUT2D eigenvalue weighted by Crippen LogP contribution is 2.48. The summed E-state index contributed by atoms with van der Waals surface area (Å²) in [5.41, 5.74) is 1.37. The van der Waals surface area contributed by atoms with Crippen molar-refractivity contribution < 1.29 is 0 Å². The molecule has 0 bridgehead atoms. The number of pyridine rings is 1. The maximum Gasteiger partial charge on any atom is 0.0410 e. The van der Waals surface area contributed by atoms with Crippen molar-refractivity contribution in [1.29, 1.82) is 0 Å². The first kappa shape index (κ1) is 8.70. The molecule has 0 saturated heterocycles. The van der Waals surface area contributed by atoms with Gasteiger partial charge in [0.15, 0.2) is 0 Å². The van der Waals surface area contributed by atoms with E-state index >= 15 is 0 Å². The summed E-state index contributed by atoms with van der Waals surface area (Å²) in [6.07, 6.45) is 5.11. The van der Waals surface area contributed by atoms with Gasteiger partial charge >= 0.3 is 0 Å². The van der Waals surface area contributed by atoms with E-state index in [2.05, 4.69) is 42.9 Å². The first-order chi connectivity index (χ1) is 5.81. The lowest BCUT2D eigenvalue weighted by Gasteiger charge is -1.97. The zero-order valence-electron chi connectivity index (χ0n) is 6.50. The van der Waals surface area contributed by atoms with Gasteiger partial charge < -0.3 is 0 Å². The van der Waals surface area contributed by atoms with Crippen LogP contribution in [-0.2, 0) is 0 Å². The molecule has 0 radical (unpaired) electrons. The number of halogens is 2. The Balaban J connectivity index is 2.14. The van der Waals surface area contributed by atoms with Gasteiger partial charge in [0.1, 0.15) is 0 Å². The molecule has 2 rings (SSSR count). The van der Waals surface area contributed by atoms with Crippen molar-refractivity contribution in [1.82, 2.24) is 4.98 Å². The molecule has 3 heteroatoms. The quantitative estimate of drug-likeness (QED) is 0.761. The molecule has 1 fully saturated rings. The van der Waals surface area contributed by atoms with Gasteiger partial charge in [-0.3, -0.25) is 4.98 Å². The molecule has 12 heavy (non-hydrogen) atoms. The number of rotatable bonds is 2. The third-order valence-corrected chi connectivity index (χ3v) is 3.54. The first-order valence-electron chi connectivity index (χ1n) is 3.97. The minimum absolute atomic E-state index is 0.745. The van der Waals surface area contributed by atoms with Crippen molar-refractivity contribution in [2.24, 2.45) is 5.92 Å². The Kier molecular flexibility index (Phi) is 2.51. The number of aromatic nitrogens is 1. The summed E-state index contributed by atoms with van der Waals surface area (Å²) in [6.45, 7) is 0. The molecule has 1 aromatic heterocycles. The number of nitrogens with zero attached hydrogens (tertiary/aromatic N) is 1. The topological polar surface area (TPSA) is 12.9 Å². The van der Waals surface area contributed by atoms with Crippen LogP contribution in [-0.4, -0.2) is 10.3 Å². The van der Waals surface area contributed by atoms with Gasteiger partial charge in [0.2, 0.25) is 0 Å². The average molecular weight is 291 g/mol. The molecule has 0 spiro atoms. The van der Waals surface area contributed by atoms with Crippen LogP contribution in [0.1, 0.15) is 17.9 Å². The van der Waals surface area contributed by atoms with Crippen molar-refractivity contribution in [3.05, 3.63) is 28.5 Å². The van der Waals surface area contributed by atoms with E-state index in [0.29, 0.717) is 0 Å². The van der Waals surface area contributed by atoms with Gasteiger partial charge in [-0.05, 0) is 45.8 Å². The Labute approximate surface area is 88.8 Å². The van der Waals surface area contributed by atoms with Crippen LogP contribution in [0, 0.1) is 5.92 Å². The van der Waals surface area contributed by atoms with Crippen LogP contribution >= 0.6 is 31.9 Å². The van der Waals surface area contributed by atoms with Crippen molar-refractivity contribution in [2.75, 3.05) is 5.33 Å². The standard InChI is InChI=1S/C9H9Br2N/c10-3-6-2-9(6)7-1-8(11)5-12-4-7/h1,4-6,9H,2-3H2. The number of hydrogen-bond acceptors (Lipinski definition) is 1. The fraction of sp³-hybridized carbons (Fsp3) is 0.444. The molecule has 1 aliphatic rings. The molecule has 1 nitrogen and oxygen atoms in total. The van der Waals surface area contributed by atoms with Gasteiger partial charge in [0.05, 0.1) is 0 Å². The van der Waals surface area contributed by atoms with E-state index in [1.165, 1.54) is 12.0 Å². The summed E-state index contributed by atoms with van der Waals surface area (Å²) in [7, 11) is 0. The average Bonchev–Trinajstić information content (AvgIpc) is 2.83. The molecule has 0 aliphatic heterocycles. The van der Waals surface area contributed by atoms with E-state index in [4.69, 9.17) is 0 Å². The second-order valence-corrected chi connectivity index (χ2v) is 4.76. The predicted molar refractivity (Wildman–Crippen MR) is 56.6 cm³/mol. The lowest BCUT2D eigenvalue weighted by atomic mass is 10.2. The molecule has 1 saturated carbocycles.